The van der Waals surface area contributed by atoms with Crippen LogP contribution in [-0.4, -0.2) is 11.0 Å². The van der Waals surface area contributed by atoms with E-state index in [9.17, 15) is 4.79 Å². The highest BCUT2D eigenvalue weighted by Crippen LogP contribution is 2.23. The van der Waals surface area contributed by atoms with Gasteiger partial charge < -0.3 is 10.6 Å². The van der Waals surface area contributed by atoms with Gasteiger partial charge in [0.05, 0.1) is 5.69 Å². The van der Waals surface area contributed by atoms with Crippen molar-refractivity contribution >= 4 is 23.1 Å². The van der Waals surface area contributed by atoms with Gasteiger partial charge in [0.1, 0.15) is 0 Å². The minimum absolute atomic E-state index is 0.228. The number of amides is 2. The van der Waals surface area contributed by atoms with Crippen LogP contribution >= 0.6 is 11.3 Å². The number of carbonyl (C=O) groups is 1. The molecule has 2 aromatic heterocycles. The second-order valence-corrected chi connectivity index (χ2v) is 5.98. The molecule has 0 aliphatic heterocycles. The molecule has 23 heavy (non-hydrogen) atoms. The van der Waals surface area contributed by atoms with E-state index in [1.165, 1.54) is 0 Å². The van der Waals surface area contributed by atoms with E-state index in [0.717, 1.165) is 28.1 Å². The molecule has 3 aromatic rings. The lowest BCUT2D eigenvalue weighted by Gasteiger charge is -2.10. The van der Waals surface area contributed by atoms with E-state index in [4.69, 9.17) is 0 Å². The Bertz CT molecular complexity index is 782. The fourth-order valence-corrected chi connectivity index (χ4v) is 2.87. The molecule has 0 aliphatic rings. The number of hydrogen-bond acceptors (Lipinski definition) is 3. The lowest BCUT2D eigenvalue weighted by Crippen LogP contribution is -2.28. The molecule has 0 bridgehead atoms. The summed E-state index contributed by atoms with van der Waals surface area (Å²) in [5, 5.41) is 9.78. The van der Waals surface area contributed by atoms with Crippen molar-refractivity contribution in [3.8, 4) is 11.3 Å². The Kier molecular flexibility index (Phi) is 4.68. The fraction of sp³-hybridized carbons (Fsp3) is 0.111. The van der Waals surface area contributed by atoms with Crippen molar-refractivity contribution in [2.45, 2.75) is 13.5 Å². The Hall–Kier alpha value is -2.66. The van der Waals surface area contributed by atoms with Crippen LogP contribution < -0.4 is 10.6 Å². The third-order valence-electron chi connectivity index (χ3n) is 3.43. The van der Waals surface area contributed by atoms with Gasteiger partial charge in [-0.05, 0) is 42.1 Å². The summed E-state index contributed by atoms with van der Waals surface area (Å²) < 4.78 is 0. The van der Waals surface area contributed by atoms with Crippen LogP contribution in [0.5, 0.6) is 0 Å². The maximum atomic E-state index is 12.0. The van der Waals surface area contributed by atoms with Gasteiger partial charge in [-0.3, -0.25) is 4.98 Å². The molecule has 3 rings (SSSR count). The second kappa shape index (κ2) is 7.07. The Morgan fingerprint density at radius 3 is 2.74 bits per heavy atom. The third-order valence-corrected chi connectivity index (χ3v) is 4.12. The highest BCUT2D eigenvalue weighted by Gasteiger charge is 2.08. The summed E-state index contributed by atoms with van der Waals surface area (Å²) in [5.74, 6) is 0. The third kappa shape index (κ3) is 3.96. The Labute approximate surface area is 139 Å². The summed E-state index contributed by atoms with van der Waals surface area (Å²) in [6, 6.07) is 13.4. The topological polar surface area (TPSA) is 54.0 Å². The van der Waals surface area contributed by atoms with Crippen LogP contribution in [0.4, 0.5) is 10.5 Å². The van der Waals surface area contributed by atoms with Gasteiger partial charge in [0, 0.05) is 29.4 Å². The van der Waals surface area contributed by atoms with Crippen molar-refractivity contribution in [3.63, 3.8) is 0 Å². The summed E-state index contributed by atoms with van der Waals surface area (Å²) >= 11 is 1.63. The number of rotatable bonds is 4. The van der Waals surface area contributed by atoms with E-state index in [2.05, 4.69) is 21.0 Å². The molecule has 5 heteroatoms. The Morgan fingerprint density at radius 2 is 2.00 bits per heavy atom. The van der Waals surface area contributed by atoms with Crippen molar-refractivity contribution in [2.24, 2.45) is 0 Å². The van der Waals surface area contributed by atoms with Gasteiger partial charge in [0.2, 0.25) is 0 Å². The van der Waals surface area contributed by atoms with Gasteiger partial charge >= 0.3 is 6.03 Å². The number of thiophene rings is 1. The highest BCUT2D eigenvalue weighted by molar-refractivity contribution is 7.08. The normalized spacial score (nSPS) is 10.3. The molecule has 2 amide bonds. The van der Waals surface area contributed by atoms with Crippen molar-refractivity contribution in [3.05, 3.63) is 70.5 Å². The number of anilines is 1. The first-order valence-electron chi connectivity index (χ1n) is 7.30. The van der Waals surface area contributed by atoms with Crippen LogP contribution in [-0.2, 0) is 6.54 Å². The first-order chi connectivity index (χ1) is 11.2. The van der Waals surface area contributed by atoms with Gasteiger partial charge in [-0.2, -0.15) is 11.3 Å². The van der Waals surface area contributed by atoms with Crippen LogP contribution in [0.1, 0.15) is 11.1 Å². The average Bonchev–Trinajstić information content (AvgIpc) is 3.10. The first-order valence-corrected chi connectivity index (χ1v) is 8.24. The zero-order chi connectivity index (χ0) is 16.1. The summed E-state index contributed by atoms with van der Waals surface area (Å²) in [5.41, 5.74) is 4.91. The van der Waals surface area contributed by atoms with Crippen LogP contribution in [0.25, 0.3) is 11.3 Å². The molecule has 4 nitrogen and oxygen atoms in total. The van der Waals surface area contributed by atoms with Gasteiger partial charge in [-0.1, -0.05) is 23.8 Å². The van der Waals surface area contributed by atoms with E-state index in [-0.39, 0.29) is 6.03 Å². The van der Waals surface area contributed by atoms with Crippen LogP contribution in [0, 0.1) is 6.92 Å². The van der Waals surface area contributed by atoms with E-state index >= 15 is 0 Å². The standard InChI is InChI=1S/C18H17N3OS/c1-13-4-6-16(7-5-13)21-18(22)20-11-14-3-2-9-19-17(14)15-8-10-23-12-15/h2-10,12H,11H2,1H3,(H2,20,21,22). The van der Waals surface area contributed by atoms with Gasteiger partial charge in [-0.15, -0.1) is 0 Å². The largest absolute Gasteiger partial charge is 0.334 e. The minimum atomic E-state index is -0.228. The van der Waals surface area contributed by atoms with Crippen molar-refractivity contribution < 1.29 is 4.79 Å². The van der Waals surface area contributed by atoms with E-state index < -0.39 is 0 Å². The molecule has 2 heterocycles. The van der Waals surface area contributed by atoms with Crippen molar-refractivity contribution in [1.82, 2.24) is 10.3 Å². The lowest BCUT2D eigenvalue weighted by atomic mass is 10.1. The fourth-order valence-electron chi connectivity index (χ4n) is 2.23. The van der Waals surface area contributed by atoms with Crippen LogP contribution in [0.2, 0.25) is 0 Å². The monoisotopic (exact) mass is 323 g/mol. The molecule has 0 saturated carbocycles. The summed E-state index contributed by atoms with van der Waals surface area (Å²) in [7, 11) is 0. The maximum absolute atomic E-state index is 12.0. The molecule has 0 unspecified atom stereocenters. The molecular weight excluding hydrogens is 306 g/mol. The van der Waals surface area contributed by atoms with E-state index in [1.807, 2.05) is 54.8 Å². The van der Waals surface area contributed by atoms with Gasteiger partial charge in [0.25, 0.3) is 0 Å². The molecule has 0 atom stereocenters. The quantitative estimate of drug-likeness (QED) is 0.746. The Balaban J connectivity index is 1.64. The summed E-state index contributed by atoms with van der Waals surface area (Å²) in [6.45, 7) is 2.44. The molecule has 1 aromatic carbocycles. The number of hydrogen-bond donors (Lipinski definition) is 2. The van der Waals surface area contributed by atoms with Crippen molar-refractivity contribution in [1.29, 1.82) is 0 Å². The van der Waals surface area contributed by atoms with Gasteiger partial charge in [0.15, 0.2) is 0 Å². The first kappa shape index (κ1) is 15.2. The molecule has 116 valence electrons. The molecule has 0 radical (unpaired) electrons. The Morgan fingerprint density at radius 1 is 1.17 bits per heavy atom. The lowest BCUT2D eigenvalue weighted by molar-refractivity contribution is 0.252. The van der Waals surface area contributed by atoms with Crippen LogP contribution in [0.15, 0.2) is 59.4 Å². The average molecular weight is 323 g/mol. The zero-order valence-electron chi connectivity index (χ0n) is 12.7. The minimum Gasteiger partial charge on any atom is -0.334 e. The van der Waals surface area contributed by atoms with Crippen molar-refractivity contribution in [2.75, 3.05) is 5.32 Å². The molecule has 2 N–H and O–H groups in total. The maximum Gasteiger partial charge on any atom is 0.319 e. The number of urea groups is 1. The summed E-state index contributed by atoms with van der Waals surface area (Å²) in [6.07, 6.45) is 1.77. The molecule has 0 fully saturated rings. The van der Waals surface area contributed by atoms with E-state index in [0.29, 0.717) is 6.54 Å². The molecular formula is C18H17N3OS. The number of nitrogens with one attached hydrogen (secondary N) is 2. The predicted octanol–water partition coefficient (Wildman–Crippen LogP) is 4.44. The van der Waals surface area contributed by atoms with Gasteiger partial charge in [-0.25, -0.2) is 4.79 Å². The molecule has 0 saturated heterocycles. The zero-order valence-corrected chi connectivity index (χ0v) is 13.6. The number of pyridine rings is 1. The van der Waals surface area contributed by atoms with Crippen LogP contribution in [0.3, 0.4) is 0 Å². The number of benzene rings is 1. The number of carbonyl (C=O) groups excluding carboxylic acids is 1. The number of aromatic nitrogens is 1. The predicted molar refractivity (Wildman–Crippen MR) is 94.6 cm³/mol. The smallest absolute Gasteiger partial charge is 0.319 e. The van der Waals surface area contributed by atoms with E-state index in [1.54, 1.807) is 17.5 Å². The number of aryl methyl sites for hydroxylation is 1. The SMILES string of the molecule is Cc1ccc(NC(=O)NCc2cccnc2-c2ccsc2)cc1. The second-order valence-electron chi connectivity index (χ2n) is 5.20. The number of nitrogens with zero attached hydrogens (tertiary/aromatic N) is 1. The molecule has 0 spiro atoms. The summed E-state index contributed by atoms with van der Waals surface area (Å²) in [4.78, 5) is 16.5. The highest BCUT2D eigenvalue weighted by atomic mass is 32.1. The molecule has 0 aliphatic carbocycles.